The van der Waals surface area contributed by atoms with Crippen molar-refractivity contribution < 1.29 is 19.2 Å². The Morgan fingerprint density at radius 1 is 1.13 bits per heavy atom. The first-order chi connectivity index (χ1) is 11.0. The normalized spacial score (nSPS) is 14.6. The van der Waals surface area contributed by atoms with E-state index >= 15 is 0 Å². The van der Waals surface area contributed by atoms with Gasteiger partial charge in [-0.25, -0.2) is 9.69 Å². The molecule has 2 rings (SSSR count). The maximum atomic E-state index is 12.1. The third-order valence-corrected chi connectivity index (χ3v) is 3.41. The number of urea groups is 1. The summed E-state index contributed by atoms with van der Waals surface area (Å²) in [6, 6.07) is 6.42. The first kappa shape index (κ1) is 16.6. The number of benzene rings is 1. The van der Waals surface area contributed by atoms with Crippen molar-refractivity contribution in [3.8, 4) is 0 Å². The molecule has 1 aliphatic heterocycles. The average Bonchev–Trinajstić information content (AvgIpc) is 2.72. The van der Waals surface area contributed by atoms with Gasteiger partial charge in [0.05, 0.1) is 0 Å². The van der Waals surface area contributed by atoms with Crippen LogP contribution in [0.1, 0.15) is 12.5 Å². The highest BCUT2D eigenvalue weighted by Gasteiger charge is 2.42. The number of amides is 5. The molecule has 1 aliphatic rings. The van der Waals surface area contributed by atoms with E-state index in [1.165, 1.54) is 7.05 Å². The molecule has 5 amide bonds. The number of carbonyl (C=O) groups is 4. The van der Waals surface area contributed by atoms with Crippen LogP contribution in [0.15, 0.2) is 24.3 Å². The molecule has 23 heavy (non-hydrogen) atoms. The molecule has 0 aliphatic carbocycles. The van der Waals surface area contributed by atoms with E-state index in [1.54, 1.807) is 12.1 Å². The summed E-state index contributed by atoms with van der Waals surface area (Å²) in [5.41, 5.74) is 1.48. The molecule has 1 aromatic carbocycles. The van der Waals surface area contributed by atoms with Crippen molar-refractivity contribution in [1.29, 1.82) is 0 Å². The first-order valence-electron chi connectivity index (χ1n) is 7.17. The standard InChI is InChI=1S/C15H18N4O4/c1-3-16-8-10-6-4-5-7-11(10)17-12(20)9-19-14(22)13(21)18(2)15(19)23/h4-7,16H,3,8-9H2,1-2H3,(H,17,20). The van der Waals surface area contributed by atoms with Gasteiger partial charge in [-0.3, -0.25) is 19.3 Å². The minimum atomic E-state index is -0.992. The molecule has 0 bridgehead atoms. The molecule has 1 saturated heterocycles. The second kappa shape index (κ2) is 7.01. The zero-order chi connectivity index (χ0) is 17.0. The Labute approximate surface area is 133 Å². The van der Waals surface area contributed by atoms with Crippen molar-refractivity contribution in [1.82, 2.24) is 15.1 Å². The van der Waals surface area contributed by atoms with Gasteiger partial charge in [0, 0.05) is 19.3 Å². The summed E-state index contributed by atoms with van der Waals surface area (Å²) in [6.45, 7) is 2.84. The van der Waals surface area contributed by atoms with Crippen LogP contribution >= 0.6 is 0 Å². The van der Waals surface area contributed by atoms with E-state index in [-0.39, 0.29) is 0 Å². The van der Waals surface area contributed by atoms with Crippen LogP contribution in [0.4, 0.5) is 10.5 Å². The zero-order valence-electron chi connectivity index (χ0n) is 13.0. The minimum Gasteiger partial charge on any atom is -0.324 e. The van der Waals surface area contributed by atoms with Crippen molar-refractivity contribution in [2.45, 2.75) is 13.5 Å². The number of nitrogens with zero attached hydrogens (tertiary/aromatic N) is 2. The number of imide groups is 2. The summed E-state index contributed by atoms with van der Waals surface area (Å²) in [6.07, 6.45) is 0. The van der Waals surface area contributed by atoms with Gasteiger partial charge in [0.15, 0.2) is 0 Å². The predicted molar refractivity (Wildman–Crippen MR) is 82.3 cm³/mol. The molecule has 1 aromatic rings. The van der Waals surface area contributed by atoms with Gasteiger partial charge in [-0.2, -0.15) is 0 Å². The number of carbonyl (C=O) groups excluding carboxylic acids is 4. The van der Waals surface area contributed by atoms with E-state index in [1.807, 2.05) is 19.1 Å². The van der Waals surface area contributed by atoms with E-state index < -0.39 is 30.3 Å². The molecular weight excluding hydrogens is 300 g/mol. The average molecular weight is 318 g/mol. The molecule has 8 nitrogen and oxygen atoms in total. The topological polar surface area (TPSA) is 98.8 Å². The Bertz CT molecular complexity index is 659. The Morgan fingerprint density at radius 3 is 2.43 bits per heavy atom. The van der Waals surface area contributed by atoms with Gasteiger partial charge in [0.2, 0.25) is 5.91 Å². The molecule has 0 radical (unpaired) electrons. The van der Waals surface area contributed by atoms with E-state index in [4.69, 9.17) is 0 Å². The lowest BCUT2D eigenvalue weighted by Crippen LogP contribution is -2.38. The van der Waals surface area contributed by atoms with E-state index in [9.17, 15) is 19.2 Å². The monoisotopic (exact) mass is 318 g/mol. The quantitative estimate of drug-likeness (QED) is 0.575. The Balaban J connectivity index is 2.05. The van der Waals surface area contributed by atoms with Crippen LogP contribution in [0.25, 0.3) is 0 Å². The van der Waals surface area contributed by atoms with Gasteiger partial charge in [-0.15, -0.1) is 0 Å². The van der Waals surface area contributed by atoms with Crippen LogP contribution in [-0.2, 0) is 20.9 Å². The molecule has 1 heterocycles. The summed E-state index contributed by atoms with van der Waals surface area (Å²) >= 11 is 0. The van der Waals surface area contributed by atoms with Crippen LogP contribution in [0.2, 0.25) is 0 Å². The van der Waals surface area contributed by atoms with Crippen LogP contribution in [0, 0.1) is 0 Å². The molecule has 122 valence electrons. The lowest BCUT2D eigenvalue weighted by molar-refractivity contribution is -0.143. The van der Waals surface area contributed by atoms with E-state index in [0.29, 0.717) is 22.0 Å². The van der Waals surface area contributed by atoms with Gasteiger partial charge in [-0.05, 0) is 18.2 Å². The Kier molecular flexibility index (Phi) is 5.07. The number of para-hydroxylation sites is 1. The van der Waals surface area contributed by atoms with Crippen molar-refractivity contribution in [2.75, 3.05) is 25.5 Å². The first-order valence-corrected chi connectivity index (χ1v) is 7.17. The fraction of sp³-hybridized carbons (Fsp3) is 0.333. The second-order valence-corrected chi connectivity index (χ2v) is 5.02. The predicted octanol–water partition coefficient (Wildman–Crippen LogP) is 0.155. The van der Waals surface area contributed by atoms with Crippen molar-refractivity contribution in [3.63, 3.8) is 0 Å². The number of likely N-dealkylation sites (N-methyl/N-ethyl adjacent to an activating group) is 1. The van der Waals surface area contributed by atoms with Gasteiger partial charge < -0.3 is 10.6 Å². The van der Waals surface area contributed by atoms with E-state index in [2.05, 4.69) is 10.6 Å². The Hall–Kier alpha value is -2.74. The van der Waals surface area contributed by atoms with E-state index in [0.717, 1.165) is 12.1 Å². The Morgan fingerprint density at radius 2 is 1.83 bits per heavy atom. The van der Waals surface area contributed by atoms with Gasteiger partial charge in [0.1, 0.15) is 6.54 Å². The third kappa shape index (κ3) is 3.54. The molecule has 0 atom stereocenters. The number of hydrogen-bond acceptors (Lipinski definition) is 5. The SMILES string of the molecule is CCNCc1ccccc1NC(=O)CN1C(=O)C(=O)N(C)C1=O. The molecule has 1 fully saturated rings. The fourth-order valence-electron chi connectivity index (χ4n) is 2.14. The molecule has 8 heteroatoms. The molecule has 2 N–H and O–H groups in total. The maximum Gasteiger partial charge on any atom is 0.334 e. The number of nitrogens with one attached hydrogen (secondary N) is 2. The highest BCUT2D eigenvalue weighted by molar-refractivity contribution is 6.44. The summed E-state index contributed by atoms with van der Waals surface area (Å²) < 4.78 is 0. The number of anilines is 1. The summed E-state index contributed by atoms with van der Waals surface area (Å²) in [4.78, 5) is 48.2. The summed E-state index contributed by atoms with van der Waals surface area (Å²) in [5.74, 6) is -2.47. The van der Waals surface area contributed by atoms with Crippen molar-refractivity contribution >= 4 is 29.4 Å². The smallest absolute Gasteiger partial charge is 0.324 e. The van der Waals surface area contributed by atoms with Crippen LogP contribution in [0.5, 0.6) is 0 Å². The number of rotatable bonds is 6. The highest BCUT2D eigenvalue weighted by Crippen LogP contribution is 2.15. The highest BCUT2D eigenvalue weighted by atomic mass is 16.2. The van der Waals surface area contributed by atoms with Crippen LogP contribution < -0.4 is 10.6 Å². The molecule has 0 aromatic heterocycles. The van der Waals surface area contributed by atoms with Crippen molar-refractivity contribution in [2.24, 2.45) is 0 Å². The molecule has 0 spiro atoms. The maximum absolute atomic E-state index is 12.1. The molecule has 0 saturated carbocycles. The van der Waals surface area contributed by atoms with Gasteiger partial charge in [-0.1, -0.05) is 25.1 Å². The second-order valence-electron chi connectivity index (χ2n) is 5.02. The third-order valence-electron chi connectivity index (χ3n) is 3.41. The fourth-order valence-corrected chi connectivity index (χ4v) is 2.14. The molecular formula is C15H18N4O4. The summed E-state index contributed by atoms with van der Waals surface area (Å²) in [7, 11) is 1.20. The lowest BCUT2D eigenvalue weighted by Gasteiger charge is -2.15. The molecule has 0 unspecified atom stereocenters. The van der Waals surface area contributed by atoms with Gasteiger partial charge in [0.25, 0.3) is 0 Å². The zero-order valence-corrected chi connectivity index (χ0v) is 13.0. The van der Waals surface area contributed by atoms with Crippen molar-refractivity contribution in [3.05, 3.63) is 29.8 Å². The summed E-state index contributed by atoms with van der Waals surface area (Å²) in [5, 5.41) is 5.82. The largest absolute Gasteiger partial charge is 0.334 e. The number of hydrogen-bond donors (Lipinski definition) is 2. The van der Waals surface area contributed by atoms with Crippen LogP contribution in [-0.4, -0.2) is 53.7 Å². The van der Waals surface area contributed by atoms with Gasteiger partial charge >= 0.3 is 17.8 Å². The van der Waals surface area contributed by atoms with Crippen LogP contribution in [0.3, 0.4) is 0 Å². The lowest BCUT2D eigenvalue weighted by atomic mass is 10.1. The minimum absolute atomic E-state index is 0.497.